The Labute approximate surface area is 139 Å². The molecule has 0 bridgehead atoms. The van der Waals surface area contributed by atoms with Crippen LogP contribution in [0.15, 0.2) is 36.5 Å². The summed E-state index contributed by atoms with van der Waals surface area (Å²) in [5, 5.41) is 9.10. The molecular weight excluding hydrogens is 308 g/mol. The lowest BCUT2D eigenvalue weighted by Crippen LogP contribution is -2.32. The molecule has 2 heterocycles. The van der Waals surface area contributed by atoms with Crippen molar-refractivity contribution in [2.45, 2.75) is 19.3 Å². The van der Waals surface area contributed by atoms with Crippen LogP contribution in [0, 0.1) is 0 Å². The third-order valence-electron chi connectivity index (χ3n) is 4.13. The van der Waals surface area contributed by atoms with Crippen LogP contribution in [-0.4, -0.2) is 35.6 Å². The monoisotopic (exact) mass is 326 g/mol. The number of aryl methyl sites for hydroxylation is 1. The van der Waals surface area contributed by atoms with Crippen LogP contribution in [0.4, 0.5) is 5.69 Å². The highest BCUT2D eigenvalue weighted by Gasteiger charge is 2.24. The van der Waals surface area contributed by atoms with Gasteiger partial charge in [0.15, 0.2) is 0 Å². The summed E-state index contributed by atoms with van der Waals surface area (Å²) in [6.45, 7) is 0.580. The molecule has 2 aromatic rings. The molecule has 3 rings (SSSR count). The number of nitrogens with zero attached hydrogens (tertiary/aromatic N) is 2. The van der Waals surface area contributed by atoms with E-state index in [1.807, 2.05) is 18.2 Å². The number of carboxylic acid groups (broad SMARTS) is 1. The lowest BCUT2D eigenvalue weighted by molar-refractivity contribution is 0.0696. The van der Waals surface area contributed by atoms with Crippen molar-refractivity contribution >= 4 is 17.6 Å². The summed E-state index contributed by atoms with van der Waals surface area (Å²) in [6, 6.07) is 8.34. The van der Waals surface area contributed by atoms with E-state index in [1.165, 1.54) is 18.3 Å². The van der Waals surface area contributed by atoms with Gasteiger partial charge >= 0.3 is 5.97 Å². The molecule has 1 aromatic heterocycles. The minimum Gasteiger partial charge on any atom is -0.497 e. The molecule has 0 radical (unpaired) electrons. The number of carbonyl (C=O) groups excluding carboxylic acids is 1. The maximum atomic E-state index is 12.9. The number of amides is 1. The minimum absolute atomic E-state index is 0.0538. The Morgan fingerprint density at radius 2 is 2.04 bits per heavy atom. The normalized spacial score (nSPS) is 13.8. The zero-order valence-corrected chi connectivity index (χ0v) is 13.4. The van der Waals surface area contributed by atoms with Gasteiger partial charge in [0.05, 0.1) is 12.7 Å². The largest absolute Gasteiger partial charge is 0.497 e. The second-order valence-corrected chi connectivity index (χ2v) is 5.64. The van der Waals surface area contributed by atoms with Crippen molar-refractivity contribution in [2.75, 3.05) is 18.6 Å². The van der Waals surface area contributed by atoms with Crippen LogP contribution in [0.25, 0.3) is 0 Å². The van der Waals surface area contributed by atoms with Crippen LogP contribution in [0.1, 0.15) is 39.3 Å². The molecule has 6 nitrogen and oxygen atoms in total. The molecule has 0 saturated carbocycles. The van der Waals surface area contributed by atoms with E-state index in [1.54, 1.807) is 12.0 Å². The molecule has 0 unspecified atom stereocenters. The van der Waals surface area contributed by atoms with Crippen molar-refractivity contribution in [3.8, 4) is 5.75 Å². The zero-order valence-electron chi connectivity index (χ0n) is 13.4. The summed E-state index contributed by atoms with van der Waals surface area (Å²) in [5.41, 5.74) is 2.08. The number of rotatable bonds is 3. The first kappa shape index (κ1) is 16.0. The van der Waals surface area contributed by atoms with E-state index in [9.17, 15) is 9.59 Å². The summed E-state index contributed by atoms with van der Waals surface area (Å²) >= 11 is 0. The first-order valence-electron chi connectivity index (χ1n) is 7.78. The molecule has 6 heteroatoms. The first-order valence-corrected chi connectivity index (χ1v) is 7.78. The standard InChI is InChI=1S/C18H18N2O4/c1-24-14-5-6-16-12(10-14)4-2-3-9-20(16)17(21)15-11-13(18(22)23)7-8-19-15/h5-8,10-11H,2-4,9H2,1H3,(H,22,23). The molecule has 1 amide bonds. The number of hydrogen-bond donors (Lipinski definition) is 1. The third kappa shape index (κ3) is 3.08. The number of methoxy groups -OCH3 is 1. The Bertz CT molecular complexity index is 788. The number of ether oxygens (including phenoxy) is 1. The summed E-state index contributed by atoms with van der Waals surface area (Å²) in [7, 11) is 1.61. The van der Waals surface area contributed by atoms with E-state index in [2.05, 4.69) is 4.98 Å². The molecule has 0 saturated heterocycles. The maximum Gasteiger partial charge on any atom is 0.335 e. The average molecular weight is 326 g/mol. The quantitative estimate of drug-likeness (QED) is 0.938. The fraction of sp³-hybridized carbons (Fsp3) is 0.278. The van der Waals surface area contributed by atoms with Crippen LogP contribution in [-0.2, 0) is 6.42 Å². The number of aromatic carboxylic acids is 1. The Hall–Kier alpha value is -2.89. The van der Waals surface area contributed by atoms with E-state index in [0.717, 1.165) is 36.3 Å². The van der Waals surface area contributed by atoms with Gasteiger partial charge in [-0.3, -0.25) is 9.78 Å². The van der Waals surface area contributed by atoms with Gasteiger partial charge in [-0.2, -0.15) is 0 Å². The predicted molar refractivity (Wildman–Crippen MR) is 88.8 cm³/mol. The lowest BCUT2D eigenvalue weighted by Gasteiger charge is -2.23. The van der Waals surface area contributed by atoms with Gasteiger partial charge in [0.2, 0.25) is 0 Å². The molecule has 1 N–H and O–H groups in total. The van der Waals surface area contributed by atoms with Gasteiger partial charge < -0.3 is 14.7 Å². The fourth-order valence-electron chi connectivity index (χ4n) is 2.89. The second-order valence-electron chi connectivity index (χ2n) is 5.64. The topological polar surface area (TPSA) is 79.7 Å². The Kier molecular flexibility index (Phi) is 4.46. The molecule has 1 aliphatic rings. The molecule has 124 valence electrons. The molecule has 1 aromatic carbocycles. The van der Waals surface area contributed by atoms with E-state index in [0.29, 0.717) is 6.54 Å². The van der Waals surface area contributed by atoms with Crippen molar-refractivity contribution in [3.05, 3.63) is 53.3 Å². The summed E-state index contributed by atoms with van der Waals surface area (Å²) in [6.07, 6.45) is 4.08. The molecule has 0 spiro atoms. The van der Waals surface area contributed by atoms with Crippen molar-refractivity contribution in [1.29, 1.82) is 0 Å². The number of carboxylic acids is 1. The Morgan fingerprint density at radius 3 is 2.79 bits per heavy atom. The number of pyridine rings is 1. The van der Waals surface area contributed by atoms with Crippen molar-refractivity contribution in [3.63, 3.8) is 0 Å². The van der Waals surface area contributed by atoms with E-state index >= 15 is 0 Å². The average Bonchev–Trinajstić information content (AvgIpc) is 2.82. The SMILES string of the molecule is COc1ccc2c(c1)CCCCN2C(=O)c1cc(C(=O)O)ccn1. The Balaban J connectivity index is 1.98. The van der Waals surface area contributed by atoms with Gasteiger partial charge in [0.25, 0.3) is 5.91 Å². The minimum atomic E-state index is -1.08. The molecule has 24 heavy (non-hydrogen) atoms. The number of fused-ring (bicyclic) bond motifs is 1. The highest BCUT2D eigenvalue weighted by Crippen LogP contribution is 2.30. The van der Waals surface area contributed by atoms with E-state index in [4.69, 9.17) is 9.84 Å². The Morgan fingerprint density at radius 1 is 1.21 bits per heavy atom. The van der Waals surface area contributed by atoms with Crippen molar-refractivity contribution < 1.29 is 19.4 Å². The number of carbonyl (C=O) groups is 2. The zero-order chi connectivity index (χ0) is 17.1. The van der Waals surface area contributed by atoms with Gasteiger partial charge in [0.1, 0.15) is 11.4 Å². The summed E-state index contributed by atoms with van der Waals surface area (Å²) in [5.74, 6) is -0.604. The molecule has 0 atom stereocenters. The second kappa shape index (κ2) is 6.70. The molecular formula is C18H18N2O4. The van der Waals surface area contributed by atoms with Gasteiger partial charge in [-0.05, 0) is 55.2 Å². The third-order valence-corrected chi connectivity index (χ3v) is 4.13. The van der Waals surface area contributed by atoms with E-state index in [-0.39, 0.29) is 17.2 Å². The van der Waals surface area contributed by atoms with Crippen LogP contribution < -0.4 is 9.64 Å². The van der Waals surface area contributed by atoms with Crippen molar-refractivity contribution in [2.24, 2.45) is 0 Å². The van der Waals surface area contributed by atoms with Gasteiger partial charge in [-0.1, -0.05) is 0 Å². The predicted octanol–water partition coefficient (Wildman–Crippen LogP) is 2.77. The van der Waals surface area contributed by atoms with Gasteiger partial charge in [-0.25, -0.2) is 4.79 Å². The fourth-order valence-corrected chi connectivity index (χ4v) is 2.89. The smallest absolute Gasteiger partial charge is 0.335 e. The number of aromatic nitrogens is 1. The van der Waals surface area contributed by atoms with Gasteiger partial charge in [-0.15, -0.1) is 0 Å². The highest BCUT2D eigenvalue weighted by atomic mass is 16.5. The maximum absolute atomic E-state index is 12.9. The number of hydrogen-bond acceptors (Lipinski definition) is 4. The van der Waals surface area contributed by atoms with Crippen LogP contribution in [0.2, 0.25) is 0 Å². The number of anilines is 1. The summed E-state index contributed by atoms with van der Waals surface area (Å²) < 4.78 is 5.26. The molecule has 1 aliphatic heterocycles. The van der Waals surface area contributed by atoms with E-state index < -0.39 is 5.97 Å². The molecule has 0 fully saturated rings. The number of benzene rings is 1. The summed E-state index contributed by atoms with van der Waals surface area (Å²) in [4.78, 5) is 29.7. The lowest BCUT2D eigenvalue weighted by atomic mass is 10.1. The van der Waals surface area contributed by atoms with Gasteiger partial charge in [0, 0.05) is 18.4 Å². The highest BCUT2D eigenvalue weighted by molar-refractivity contribution is 6.06. The van der Waals surface area contributed by atoms with Crippen molar-refractivity contribution in [1.82, 2.24) is 4.98 Å². The molecule has 0 aliphatic carbocycles. The van der Waals surface area contributed by atoms with Crippen LogP contribution in [0.3, 0.4) is 0 Å². The van der Waals surface area contributed by atoms with Crippen LogP contribution >= 0.6 is 0 Å². The van der Waals surface area contributed by atoms with Crippen LogP contribution in [0.5, 0.6) is 5.75 Å². The first-order chi connectivity index (χ1) is 11.6.